The van der Waals surface area contributed by atoms with Crippen molar-refractivity contribution in [3.63, 3.8) is 0 Å². The smallest absolute Gasteiger partial charge is 0.294 e. The summed E-state index contributed by atoms with van der Waals surface area (Å²) in [6.45, 7) is 14.8. The molecule has 2 N–H and O–H groups in total. The minimum atomic E-state index is 0.0808. The summed E-state index contributed by atoms with van der Waals surface area (Å²) in [5.74, 6) is 0.313. The summed E-state index contributed by atoms with van der Waals surface area (Å²) in [5, 5.41) is 0. The Hall–Kier alpha value is -1.58. The van der Waals surface area contributed by atoms with Gasteiger partial charge in [-0.05, 0) is 12.8 Å². The van der Waals surface area contributed by atoms with E-state index in [2.05, 4.69) is 23.3 Å². The fourth-order valence-electron chi connectivity index (χ4n) is 0.587. The number of aliphatic imine (C=N–C) groups is 1. The van der Waals surface area contributed by atoms with Crippen molar-refractivity contribution in [1.82, 2.24) is 4.98 Å². The van der Waals surface area contributed by atoms with Gasteiger partial charge >= 0.3 is 0 Å². The molecular weight excluding hydrogens is 178 g/mol. The molecule has 4 nitrogen and oxygen atoms in total. The molecule has 0 aliphatic heterocycles. The number of nitrogens with zero attached hydrogens (tertiary/aromatic N) is 2. The molecule has 1 aromatic rings. The Kier molecular flexibility index (Phi) is 10.1. The first kappa shape index (κ1) is 14.9. The molecule has 4 heteroatoms. The average molecular weight is 197 g/mol. The van der Waals surface area contributed by atoms with E-state index in [0.29, 0.717) is 11.6 Å². The number of nitrogen functional groups attached to an aromatic ring is 1. The van der Waals surface area contributed by atoms with Gasteiger partial charge in [0, 0.05) is 0 Å². The Morgan fingerprint density at radius 1 is 1.36 bits per heavy atom. The first-order valence-corrected chi connectivity index (χ1v) is 4.63. The van der Waals surface area contributed by atoms with Crippen molar-refractivity contribution in [2.24, 2.45) is 4.99 Å². The maximum atomic E-state index is 5.22. The second-order valence-electron chi connectivity index (χ2n) is 1.60. The van der Waals surface area contributed by atoms with Gasteiger partial charge in [0.05, 0.1) is 0 Å². The van der Waals surface area contributed by atoms with Crippen molar-refractivity contribution in [2.45, 2.75) is 27.7 Å². The molecule has 1 aromatic heterocycles. The van der Waals surface area contributed by atoms with E-state index in [1.807, 2.05) is 27.7 Å². The van der Waals surface area contributed by atoms with Crippen LogP contribution in [0.25, 0.3) is 6.08 Å². The Labute approximate surface area is 85.6 Å². The van der Waals surface area contributed by atoms with Crippen LogP contribution in [0.15, 0.2) is 16.0 Å². The van der Waals surface area contributed by atoms with Crippen LogP contribution in [0.3, 0.4) is 0 Å². The van der Waals surface area contributed by atoms with Crippen molar-refractivity contribution in [3.8, 4) is 0 Å². The van der Waals surface area contributed by atoms with Crippen LogP contribution in [0, 0.1) is 0 Å². The van der Waals surface area contributed by atoms with Gasteiger partial charge < -0.3 is 10.2 Å². The molecule has 1 heterocycles. The number of anilines is 1. The largest absolute Gasteiger partial charge is 0.405 e. The molecule has 0 amide bonds. The van der Waals surface area contributed by atoms with E-state index < -0.39 is 0 Å². The van der Waals surface area contributed by atoms with Crippen LogP contribution in [0.1, 0.15) is 33.4 Å². The van der Waals surface area contributed by atoms with Crippen LogP contribution in [0.4, 0.5) is 11.9 Å². The number of aromatic nitrogens is 1. The molecule has 14 heavy (non-hydrogen) atoms. The van der Waals surface area contributed by atoms with Crippen LogP contribution >= 0.6 is 0 Å². The SMILES string of the molecule is C=Cc1nc(N)oc1N=C.CC.CC. The Morgan fingerprint density at radius 2 is 1.86 bits per heavy atom. The maximum absolute atomic E-state index is 5.22. The van der Waals surface area contributed by atoms with Crippen LogP contribution in [-0.4, -0.2) is 11.7 Å². The third kappa shape index (κ3) is 4.45. The summed E-state index contributed by atoms with van der Waals surface area (Å²) >= 11 is 0. The van der Waals surface area contributed by atoms with Gasteiger partial charge in [-0.3, -0.25) is 0 Å². The van der Waals surface area contributed by atoms with Gasteiger partial charge in [-0.15, -0.1) is 0 Å². The summed E-state index contributed by atoms with van der Waals surface area (Å²) in [6.07, 6.45) is 1.50. The monoisotopic (exact) mass is 197 g/mol. The first-order valence-electron chi connectivity index (χ1n) is 4.63. The lowest BCUT2D eigenvalue weighted by molar-refractivity contribution is 0.591. The van der Waals surface area contributed by atoms with Crippen molar-refractivity contribution >= 4 is 24.7 Å². The molecule has 0 spiro atoms. The molecular formula is C10H19N3O. The highest BCUT2D eigenvalue weighted by Gasteiger charge is 2.04. The molecule has 0 saturated carbocycles. The van der Waals surface area contributed by atoms with Crippen LogP contribution in [-0.2, 0) is 0 Å². The molecule has 0 aliphatic rings. The Balaban J connectivity index is 0. The van der Waals surface area contributed by atoms with E-state index in [1.54, 1.807) is 0 Å². The van der Waals surface area contributed by atoms with E-state index in [9.17, 15) is 0 Å². The van der Waals surface area contributed by atoms with E-state index in [4.69, 9.17) is 10.2 Å². The average Bonchev–Trinajstić information content (AvgIpc) is 2.64. The maximum Gasteiger partial charge on any atom is 0.294 e. The molecule has 1 rings (SSSR count). The van der Waals surface area contributed by atoms with Gasteiger partial charge in [0.25, 0.3) is 6.01 Å². The van der Waals surface area contributed by atoms with E-state index in [-0.39, 0.29) is 6.01 Å². The zero-order valence-corrected chi connectivity index (χ0v) is 9.37. The van der Waals surface area contributed by atoms with Gasteiger partial charge in [-0.25, -0.2) is 4.99 Å². The molecule has 80 valence electrons. The van der Waals surface area contributed by atoms with Gasteiger partial charge in [0.2, 0.25) is 5.88 Å². The zero-order chi connectivity index (χ0) is 11.6. The van der Waals surface area contributed by atoms with Crippen molar-refractivity contribution in [2.75, 3.05) is 5.73 Å². The molecule has 0 atom stereocenters. The minimum absolute atomic E-state index is 0.0808. The lowest BCUT2D eigenvalue weighted by Crippen LogP contribution is -1.81. The highest BCUT2D eigenvalue weighted by Crippen LogP contribution is 2.21. The fraction of sp³-hybridized carbons (Fsp3) is 0.400. The van der Waals surface area contributed by atoms with E-state index in [0.717, 1.165) is 0 Å². The summed E-state index contributed by atoms with van der Waals surface area (Å²) in [4.78, 5) is 7.29. The van der Waals surface area contributed by atoms with E-state index >= 15 is 0 Å². The predicted molar refractivity (Wildman–Crippen MR) is 62.9 cm³/mol. The molecule has 0 unspecified atom stereocenters. The van der Waals surface area contributed by atoms with Crippen LogP contribution in [0.2, 0.25) is 0 Å². The quantitative estimate of drug-likeness (QED) is 0.740. The van der Waals surface area contributed by atoms with Crippen molar-refractivity contribution in [1.29, 1.82) is 0 Å². The van der Waals surface area contributed by atoms with Crippen LogP contribution in [0.5, 0.6) is 0 Å². The van der Waals surface area contributed by atoms with Crippen molar-refractivity contribution < 1.29 is 4.42 Å². The zero-order valence-electron chi connectivity index (χ0n) is 9.37. The molecule has 0 radical (unpaired) electrons. The first-order chi connectivity index (χ1) is 6.77. The van der Waals surface area contributed by atoms with Gasteiger partial charge in [0.1, 0.15) is 5.69 Å². The van der Waals surface area contributed by atoms with Crippen LogP contribution < -0.4 is 5.73 Å². The van der Waals surface area contributed by atoms with Crippen molar-refractivity contribution in [3.05, 3.63) is 12.3 Å². The summed E-state index contributed by atoms with van der Waals surface area (Å²) in [7, 11) is 0. The molecule has 0 fully saturated rings. The van der Waals surface area contributed by atoms with Gasteiger partial charge in [-0.1, -0.05) is 34.3 Å². The number of hydrogen-bond acceptors (Lipinski definition) is 4. The lowest BCUT2D eigenvalue weighted by Gasteiger charge is -1.80. The molecule has 0 aliphatic carbocycles. The highest BCUT2D eigenvalue weighted by molar-refractivity contribution is 5.57. The number of hydrogen-bond donors (Lipinski definition) is 1. The topological polar surface area (TPSA) is 64.4 Å². The minimum Gasteiger partial charge on any atom is -0.405 e. The molecule has 0 aromatic carbocycles. The normalized spacial score (nSPS) is 7.43. The summed E-state index contributed by atoms with van der Waals surface area (Å²) in [6, 6.07) is 0.0808. The number of nitrogens with two attached hydrogens (primary N) is 1. The lowest BCUT2D eigenvalue weighted by atomic mass is 10.4. The second-order valence-corrected chi connectivity index (χ2v) is 1.60. The molecule has 0 saturated heterocycles. The Morgan fingerprint density at radius 3 is 2.14 bits per heavy atom. The third-order valence-corrected chi connectivity index (χ3v) is 0.988. The number of rotatable bonds is 2. The number of oxazole rings is 1. The van der Waals surface area contributed by atoms with E-state index in [1.165, 1.54) is 6.08 Å². The Bertz CT molecular complexity index is 241. The summed E-state index contributed by atoms with van der Waals surface area (Å²) < 4.78 is 4.82. The second kappa shape index (κ2) is 9.51. The van der Waals surface area contributed by atoms with Gasteiger partial charge in [-0.2, -0.15) is 4.98 Å². The highest BCUT2D eigenvalue weighted by atomic mass is 16.4. The van der Waals surface area contributed by atoms with Gasteiger partial charge in [0.15, 0.2) is 0 Å². The summed E-state index contributed by atoms with van der Waals surface area (Å²) in [5.41, 5.74) is 5.74. The molecule has 0 bridgehead atoms. The fourth-order valence-corrected chi connectivity index (χ4v) is 0.587. The standard InChI is InChI=1S/C6H7N3O.2C2H6/c1-3-4-5(8-2)10-6(7)9-4;2*1-2/h3H,1-2H2,(H2,7,9);2*1-2H3. The third-order valence-electron chi connectivity index (χ3n) is 0.988. The predicted octanol–water partition coefficient (Wildman–Crippen LogP) is 3.28.